The summed E-state index contributed by atoms with van der Waals surface area (Å²) >= 11 is 0. The minimum absolute atomic E-state index is 0.243. The van der Waals surface area contributed by atoms with Gasteiger partial charge in [-0.1, -0.05) is 19.1 Å². The Morgan fingerprint density at radius 2 is 2.16 bits per heavy atom. The van der Waals surface area contributed by atoms with Crippen LogP contribution >= 0.6 is 0 Å². The van der Waals surface area contributed by atoms with Gasteiger partial charge < -0.3 is 9.47 Å². The van der Waals surface area contributed by atoms with Gasteiger partial charge in [0.25, 0.3) is 0 Å². The first-order valence-corrected chi connectivity index (χ1v) is 6.32. The highest BCUT2D eigenvalue weighted by Gasteiger charge is 2.11. The molecular formula is C15H17NO3. The van der Waals surface area contributed by atoms with E-state index >= 15 is 0 Å². The average Bonchev–Trinajstić information content (AvgIpc) is 2.46. The molecule has 2 aromatic rings. The molecule has 1 heterocycles. The van der Waals surface area contributed by atoms with Crippen molar-refractivity contribution in [3.8, 4) is 5.75 Å². The summed E-state index contributed by atoms with van der Waals surface area (Å²) < 4.78 is 10.4. The number of aromatic nitrogens is 1. The van der Waals surface area contributed by atoms with E-state index in [4.69, 9.17) is 9.47 Å². The van der Waals surface area contributed by atoms with Gasteiger partial charge >= 0.3 is 5.97 Å². The van der Waals surface area contributed by atoms with Crippen LogP contribution in [0.5, 0.6) is 5.75 Å². The number of carbonyl (C=O) groups is 1. The number of rotatable bonds is 5. The molecule has 0 aliphatic heterocycles. The Balaban J connectivity index is 2.42. The van der Waals surface area contributed by atoms with Crippen molar-refractivity contribution in [1.29, 1.82) is 0 Å². The summed E-state index contributed by atoms with van der Waals surface area (Å²) in [5, 5.41) is 0.932. The zero-order valence-electron chi connectivity index (χ0n) is 11.2. The summed E-state index contributed by atoms with van der Waals surface area (Å²) in [5.74, 6) is 0.499. The van der Waals surface area contributed by atoms with Crippen LogP contribution in [0.15, 0.2) is 30.5 Å². The maximum atomic E-state index is 11.4. The summed E-state index contributed by atoms with van der Waals surface area (Å²) in [4.78, 5) is 15.8. The normalized spacial score (nSPS) is 10.4. The summed E-state index contributed by atoms with van der Waals surface area (Å²) in [6.07, 6.45) is 2.91. The Labute approximate surface area is 112 Å². The van der Waals surface area contributed by atoms with Gasteiger partial charge in [-0.25, -0.2) is 0 Å². The maximum absolute atomic E-state index is 11.4. The third kappa shape index (κ3) is 3.02. The molecule has 0 spiro atoms. The second-order valence-electron chi connectivity index (χ2n) is 4.22. The average molecular weight is 259 g/mol. The minimum atomic E-state index is -0.257. The van der Waals surface area contributed by atoms with Crippen LogP contribution in [0, 0.1) is 0 Å². The third-order valence-electron chi connectivity index (χ3n) is 2.85. The molecule has 4 nitrogen and oxygen atoms in total. The lowest BCUT2D eigenvalue weighted by atomic mass is 10.0. The molecule has 0 N–H and O–H groups in total. The molecule has 0 aliphatic rings. The highest BCUT2D eigenvalue weighted by atomic mass is 16.5. The largest absolute Gasteiger partial charge is 0.491 e. The molecule has 0 atom stereocenters. The van der Waals surface area contributed by atoms with E-state index in [1.165, 1.54) is 7.11 Å². The van der Waals surface area contributed by atoms with Crippen LogP contribution in [-0.4, -0.2) is 24.7 Å². The lowest BCUT2D eigenvalue weighted by molar-refractivity contribution is -0.139. The zero-order valence-corrected chi connectivity index (χ0v) is 11.2. The summed E-state index contributed by atoms with van der Waals surface area (Å²) in [5.41, 5.74) is 1.69. The maximum Gasteiger partial charge on any atom is 0.310 e. The predicted molar refractivity (Wildman–Crippen MR) is 73.2 cm³/mol. The van der Waals surface area contributed by atoms with E-state index in [1.54, 1.807) is 6.20 Å². The summed E-state index contributed by atoms with van der Waals surface area (Å²) in [7, 11) is 1.39. The molecule has 0 bridgehead atoms. The van der Waals surface area contributed by atoms with Gasteiger partial charge in [-0.15, -0.1) is 0 Å². The first-order valence-electron chi connectivity index (χ1n) is 6.32. The molecule has 0 radical (unpaired) electrons. The standard InChI is InChI=1S/C15H17NO3/c1-3-9-19-13-7-6-11(10-14(17)18-2)12-5-4-8-16-15(12)13/h4-8H,3,9-10H2,1-2H3. The number of hydrogen-bond donors (Lipinski definition) is 0. The highest BCUT2D eigenvalue weighted by molar-refractivity contribution is 5.90. The van der Waals surface area contributed by atoms with Crippen molar-refractivity contribution in [3.05, 3.63) is 36.0 Å². The molecule has 1 aromatic carbocycles. The number of hydrogen-bond acceptors (Lipinski definition) is 4. The molecule has 1 aromatic heterocycles. The minimum Gasteiger partial charge on any atom is -0.491 e. The van der Waals surface area contributed by atoms with Gasteiger partial charge in [0, 0.05) is 11.6 Å². The topological polar surface area (TPSA) is 48.4 Å². The second kappa shape index (κ2) is 6.18. The number of fused-ring (bicyclic) bond motifs is 1. The number of nitrogens with zero attached hydrogens (tertiary/aromatic N) is 1. The first kappa shape index (κ1) is 13.3. The number of carbonyl (C=O) groups excluding carboxylic acids is 1. The van der Waals surface area contributed by atoms with E-state index in [1.807, 2.05) is 24.3 Å². The van der Waals surface area contributed by atoms with E-state index in [9.17, 15) is 4.79 Å². The van der Waals surface area contributed by atoms with Crippen LogP contribution in [0.2, 0.25) is 0 Å². The molecule has 0 amide bonds. The Kier molecular flexibility index (Phi) is 4.34. The molecule has 100 valence electrons. The quantitative estimate of drug-likeness (QED) is 0.775. The van der Waals surface area contributed by atoms with Crippen LogP contribution in [0.25, 0.3) is 10.9 Å². The summed E-state index contributed by atoms with van der Waals surface area (Å²) in [6, 6.07) is 7.56. The number of pyridine rings is 1. The van der Waals surface area contributed by atoms with Crippen LogP contribution in [-0.2, 0) is 16.0 Å². The van der Waals surface area contributed by atoms with E-state index in [0.29, 0.717) is 6.61 Å². The van der Waals surface area contributed by atoms with Gasteiger partial charge in [0.15, 0.2) is 0 Å². The van der Waals surface area contributed by atoms with Gasteiger partial charge in [-0.3, -0.25) is 9.78 Å². The van der Waals surface area contributed by atoms with Crippen molar-refractivity contribution in [2.75, 3.05) is 13.7 Å². The third-order valence-corrected chi connectivity index (χ3v) is 2.85. The molecule has 0 saturated heterocycles. The monoisotopic (exact) mass is 259 g/mol. The van der Waals surface area contributed by atoms with Gasteiger partial charge in [-0.2, -0.15) is 0 Å². The Bertz CT molecular complexity index is 581. The van der Waals surface area contributed by atoms with Crippen molar-refractivity contribution < 1.29 is 14.3 Å². The Hall–Kier alpha value is -2.10. The van der Waals surface area contributed by atoms with Crippen molar-refractivity contribution in [2.24, 2.45) is 0 Å². The van der Waals surface area contributed by atoms with E-state index in [2.05, 4.69) is 11.9 Å². The van der Waals surface area contributed by atoms with Crippen LogP contribution in [0.4, 0.5) is 0 Å². The summed E-state index contributed by atoms with van der Waals surface area (Å²) in [6.45, 7) is 2.71. The van der Waals surface area contributed by atoms with E-state index in [0.717, 1.165) is 28.6 Å². The fourth-order valence-electron chi connectivity index (χ4n) is 1.92. The highest BCUT2D eigenvalue weighted by Crippen LogP contribution is 2.27. The molecule has 19 heavy (non-hydrogen) atoms. The van der Waals surface area contributed by atoms with Crippen LogP contribution in [0.3, 0.4) is 0 Å². The Morgan fingerprint density at radius 1 is 1.32 bits per heavy atom. The molecule has 4 heteroatoms. The molecule has 2 rings (SSSR count). The van der Waals surface area contributed by atoms with Crippen LogP contribution in [0.1, 0.15) is 18.9 Å². The zero-order chi connectivity index (χ0) is 13.7. The molecule has 0 saturated carbocycles. The van der Waals surface area contributed by atoms with Crippen molar-refractivity contribution >= 4 is 16.9 Å². The SMILES string of the molecule is CCCOc1ccc(CC(=O)OC)c2cccnc12. The lowest BCUT2D eigenvalue weighted by Gasteiger charge is -2.10. The van der Waals surface area contributed by atoms with Crippen molar-refractivity contribution in [1.82, 2.24) is 4.98 Å². The smallest absolute Gasteiger partial charge is 0.310 e. The fraction of sp³-hybridized carbons (Fsp3) is 0.333. The van der Waals surface area contributed by atoms with Crippen molar-refractivity contribution in [2.45, 2.75) is 19.8 Å². The number of esters is 1. The fourth-order valence-corrected chi connectivity index (χ4v) is 1.92. The molecule has 0 unspecified atom stereocenters. The van der Waals surface area contributed by atoms with Crippen molar-refractivity contribution in [3.63, 3.8) is 0 Å². The van der Waals surface area contributed by atoms with Gasteiger partial charge in [0.05, 0.1) is 20.1 Å². The van der Waals surface area contributed by atoms with E-state index in [-0.39, 0.29) is 12.4 Å². The molecule has 0 fully saturated rings. The molecule has 0 aliphatic carbocycles. The number of ether oxygens (including phenoxy) is 2. The number of methoxy groups -OCH3 is 1. The predicted octanol–water partition coefficient (Wildman–Crippen LogP) is 2.74. The van der Waals surface area contributed by atoms with Gasteiger partial charge in [0.2, 0.25) is 0 Å². The molecular weight excluding hydrogens is 242 g/mol. The Morgan fingerprint density at radius 3 is 2.89 bits per heavy atom. The van der Waals surface area contributed by atoms with Gasteiger partial charge in [0.1, 0.15) is 11.3 Å². The van der Waals surface area contributed by atoms with Crippen LogP contribution < -0.4 is 4.74 Å². The second-order valence-corrected chi connectivity index (χ2v) is 4.22. The lowest BCUT2D eigenvalue weighted by Crippen LogP contribution is -2.05. The number of benzene rings is 1. The van der Waals surface area contributed by atoms with E-state index < -0.39 is 0 Å². The van der Waals surface area contributed by atoms with Gasteiger partial charge in [-0.05, 0) is 24.1 Å². The first-order chi connectivity index (χ1) is 9.26.